The molecule has 2 aliphatic rings. The molecule has 3 rings (SSSR count). The highest BCUT2D eigenvalue weighted by Crippen LogP contribution is 2.27. The number of carbonyl (C=O) groups excluding carboxylic acids is 7. The predicted molar refractivity (Wildman–Crippen MR) is 217 cm³/mol. The first-order valence-corrected chi connectivity index (χ1v) is 19.9. The van der Waals surface area contributed by atoms with E-state index in [-0.39, 0.29) is 75.4 Å². The second-order valence-electron chi connectivity index (χ2n) is 14.8. The van der Waals surface area contributed by atoms with Gasteiger partial charge >= 0.3 is 0 Å². The van der Waals surface area contributed by atoms with E-state index in [9.17, 15) is 33.6 Å². The number of nitrogens with two attached hydrogens (primary N) is 6. The molecule has 2 fully saturated rings. The maximum Gasteiger partial charge on any atom is 0.254 e. The Morgan fingerprint density at radius 2 is 1.16 bits per heavy atom. The number of primary amides is 2. The summed E-state index contributed by atoms with van der Waals surface area (Å²) in [5.74, 6) is -4.79. The standard InChI is InChI=1S/C38H61N13O7/c39-30(52)18-17-27(34(56)50-28(31(40)53)22-23-10-3-1-4-11-23)48-32(54)25(14-7-19-45-37(41)42)47-33(55)26(15-8-20-46-38(43)44)49-35(57)29-16-9-21-51(29)36(58)24-12-5-2-6-13-24/h2,5-6,12-13,23,25-29H,1,3-4,7-11,14-22H2,(H2,39,52)(H2,40,53)(H,47,55)(H,48,54)(H,49,57)(H,50,56)(H4,41,42,45)(H4,43,44,46)/t25-,26-,27+,28+,29+/m1/s1. The third-order valence-electron chi connectivity index (χ3n) is 10.3. The van der Waals surface area contributed by atoms with Gasteiger partial charge in [-0.05, 0) is 69.4 Å². The van der Waals surface area contributed by atoms with Gasteiger partial charge in [-0.3, -0.25) is 43.5 Å². The molecule has 0 unspecified atom stereocenters. The van der Waals surface area contributed by atoms with Gasteiger partial charge in [-0.2, -0.15) is 0 Å². The van der Waals surface area contributed by atoms with Crippen molar-refractivity contribution in [1.29, 1.82) is 0 Å². The number of benzene rings is 1. The molecule has 1 aliphatic heterocycles. The summed E-state index contributed by atoms with van der Waals surface area (Å²) in [6, 6.07) is 2.84. The van der Waals surface area contributed by atoms with Crippen molar-refractivity contribution in [2.24, 2.45) is 50.3 Å². The van der Waals surface area contributed by atoms with Crippen molar-refractivity contribution >= 4 is 53.3 Å². The molecule has 58 heavy (non-hydrogen) atoms. The zero-order valence-electron chi connectivity index (χ0n) is 33.0. The summed E-state index contributed by atoms with van der Waals surface area (Å²) < 4.78 is 0. The van der Waals surface area contributed by atoms with Crippen LogP contribution in [-0.2, 0) is 28.8 Å². The number of aliphatic imine (C=N–C) groups is 2. The lowest BCUT2D eigenvalue weighted by Crippen LogP contribution is -2.59. The van der Waals surface area contributed by atoms with E-state index in [1.54, 1.807) is 30.3 Å². The molecule has 1 heterocycles. The molecule has 16 N–H and O–H groups in total. The van der Waals surface area contributed by atoms with Crippen LogP contribution in [0, 0.1) is 5.92 Å². The molecule has 320 valence electrons. The molecule has 7 amide bonds. The van der Waals surface area contributed by atoms with Gasteiger partial charge in [-0.25, -0.2) is 0 Å². The van der Waals surface area contributed by atoms with E-state index in [2.05, 4.69) is 31.3 Å². The van der Waals surface area contributed by atoms with E-state index >= 15 is 0 Å². The molecule has 1 aromatic rings. The largest absolute Gasteiger partial charge is 0.370 e. The Kier molecular flexibility index (Phi) is 19.2. The van der Waals surface area contributed by atoms with Crippen LogP contribution in [0.3, 0.4) is 0 Å². The van der Waals surface area contributed by atoms with Gasteiger partial charge < -0.3 is 60.6 Å². The second kappa shape index (κ2) is 24.0. The van der Waals surface area contributed by atoms with Crippen LogP contribution in [0.4, 0.5) is 0 Å². The van der Waals surface area contributed by atoms with E-state index in [0.29, 0.717) is 31.4 Å². The van der Waals surface area contributed by atoms with Crippen LogP contribution >= 0.6 is 0 Å². The van der Waals surface area contributed by atoms with Crippen LogP contribution < -0.4 is 55.7 Å². The quantitative estimate of drug-likeness (QED) is 0.0329. The fourth-order valence-electron chi connectivity index (χ4n) is 7.22. The summed E-state index contributed by atoms with van der Waals surface area (Å²) in [5.41, 5.74) is 33.4. The first-order valence-electron chi connectivity index (χ1n) is 19.9. The van der Waals surface area contributed by atoms with Crippen LogP contribution in [0.1, 0.15) is 100 Å². The van der Waals surface area contributed by atoms with Crippen LogP contribution in [0.25, 0.3) is 0 Å². The lowest BCUT2D eigenvalue weighted by atomic mass is 9.84. The molecule has 1 saturated heterocycles. The molecule has 0 aromatic heterocycles. The third-order valence-corrected chi connectivity index (χ3v) is 10.3. The van der Waals surface area contributed by atoms with E-state index in [1.165, 1.54) is 4.90 Å². The van der Waals surface area contributed by atoms with E-state index < -0.39 is 65.7 Å². The average Bonchev–Trinajstić information content (AvgIpc) is 3.69. The number of amides is 7. The number of likely N-dealkylation sites (tertiary alicyclic amines) is 1. The maximum absolute atomic E-state index is 14.0. The highest BCUT2D eigenvalue weighted by Gasteiger charge is 2.37. The van der Waals surface area contributed by atoms with Crippen molar-refractivity contribution in [2.75, 3.05) is 19.6 Å². The van der Waals surface area contributed by atoms with Gasteiger partial charge in [-0.1, -0.05) is 50.3 Å². The minimum Gasteiger partial charge on any atom is -0.370 e. The van der Waals surface area contributed by atoms with E-state index in [1.807, 2.05) is 0 Å². The predicted octanol–water partition coefficient (Wildman–Crippen LogP) is -1.94. The Hall–Kier alpha value is -5.95. The number of hydrogen-bond donors (Lipinski definition) is 10. The Balaban J connectivity index is 1.83. The topological polar surface area (TPSA) is 352 Å². The monoisotopic (exact) mass is 811 g/mol. The summed E-state index contributed by atoms with van der Waals surface area (Å²) in [6.45, 7) is 0.577. The van der Waals surface area contributed by atoms with Gasteiger partial charge in [0.05, 0.1) is 0 Å². The number of carbonyl (C=O) groups is 7. The summed E-state index contributed by atoms with van der Waals surface area (Å²) in [5, 5.41) is 10.7. The molecular weight excluding hydrogens is 751 g/mol. The number of guanidine groups is 2. The van der Waals surface area contributed by atoms with Gasteiger partial charge in [0.2, 0.25) is 35.4 Å². The Morgan fingerprint density at radius 3 is 1.67 bits per heavy atom. The van der Waals surface area contributed by atoms with Gasteiger partial charge in [-0.15, -0.1) is 0 Å². The number of rotatable bonds is 23. The summed E-state index contributed by atoms with van der Waals surface area (Å²) in [4.78, 5) is 102. The Morgan fingerprint density at radius 1 is 0.638 bits per heavy atom. The molecule has 0 radical (unpaired) electrons. The number of nitrogens with one attached hydrogen (secondary N) is 4. The van der Waals surface area contributed by atoms with Crippen LogP contribution in [0.15, 0.2) is 40.3 Å². The minimum absolute atomic E-state index is 0.0131. The lowest BCUT2D eigenvalue weighted by Gasteiger charge is -2.29. The van der Waals surface area contributed by atoms with Crippen molar-refractivity contribution in [1.82, 2.24) is 26.2 Å². The lowest BCUT2D eigenvalue weighted by molar-refractivity contribution is -0.135. The Bertz CT molecular complexity index is 1630. The van der Waals surface area contributed by atoms with Gasteiger partial charge in [0.1, 0.15) is 30.2 Å². The van der Waals surface area contributed by atoms with Crippen molar-refractivity contribution in [3.05, 3.63) is 35.9 Å². The van der Waals surface area contributed by atoms with Crippen LogP contribution in [0.5, 0.6) is 0 Å². The first kappa shape index (κ1) is 46.4. The summed E-state index contributed by atoms with van der Waals surface area (Å²) >= 11 is 0. The maximum atomic E-state index is 14.0. The molecule has 1 aliphatic carbocycles. The molecule has 1 aromatic carbocycles. The van der Waals surface area contributed by atoms with Crippen LogP contribution in [0.2, 0.25) is 0 Å². The SMILES string of the molecule is NC(=O)CC[C@H](NC(=O)[C@@H](CCCN=C(N)N)NC(=O)[C@@H](CCCN=C(N)N)NC(=O)[C@@H]1CCCN1C(=O)c1ccccc1)C(=O)N[C@@H](CC1CCCCC1)C(N)=O. The minimum atomic E-state index is -1.34. The van der Waals surface area contributed by atoms with E-state index in [4.69, 9.17) is 34.4 Å². The highest BCUT2D eigenvalue weighted by atomic mass is 16.2. The molecule has 1 saturated carbocycles. The molecular formula is C38H61N13O7. The number of nitrogens with zero attached hydrogens (tertiary/aromatic N) is 3. The number of hydrogen-bond acceptors (Lipinski definition) is 9. The average molecular weight is 812 g/mol. The third kappa shape index (κ3) is 15.9. The molecule has 0 bridgehead atoms. The molecule has 20 nitrogen and oxygen atoms in total. The fraction of sp³-hybridized carbons (Fsp3) is 0.605. The molecule has 5 atom stereocenters. The Labute approximate surface area is 338 Å². The highest BCUT2D eigenvalue weighted by molar-refractivity contribution is 5.99. The molecule has 0 spiro atoms. The first-order chi connectivity index (χ1) is 27.7. The van der Waals surface area contributed by atoms with Crippen molar-refractivity contribution in [3.63, 3.8) is 0 Å². The summed E-state index contributed by atoms with van der Waals surface area (Å²) in [6.07, 6.45) is 6.17. The second-order valence-corrected chi connectivity index (χ2v) is 14.8. The normalized spacial score (nSPS) is 17.4. The summed E-state index contributed by atoms with van der Waals surface area (Å²) in [7, 11) is 0. The zero-order chi connectivity index (χ0) is 42.6. The van der Waals surface area contributed by atoms with Crippen molar-refractivity contribution < 1.29 is 33.6 Å². The van der Waals surface area contributed by atoms with Gasteiger partial charge in [0, 0.05) is 31.6 Å². The van der Waals surface area contributed by atoms with Crippen molar-refractivity contribution in [2.45, 2.75) is 120 Å². The molecule has 20 heteroatoms. The van der Waals surface area contributed by atoms with Crippen molar-refractivity contribution in [3.8, 4) is 0 Å². The van der Waals surface area contributed by atoms with Gasteiger partial charge in [0.25, 0.3) is 5.91 Å². The fourth-order valence-corrected chi connectivity index (χ4v) is 7.22. The smallest absolute Gasteiger partial charge is 0.254 e. The van der Waals surface area contributed by atoms with E-state index in [0.717, 1.165) is 32.1 Å². The van der Waals surface area contributed by atoms with Crippen LogP contribution in [-0.4, -0.2) is 108 Å². The van der Waals surface area contributed by atoms with Gasteiger partial charge in [0.15, 0.2) is 11.9 Å². The zero-order valence-corrected chi connectivity index (χ0v) is 33.0.